The summed E-state index contributed by atoms with van der Waals surface area (Å²) in [6.45, 7) is 6.90. The molecule has 0 aromatic carbocycles. The molecule has 3 unspecified atom stereocenters. The topological polar surface area (TPSA) is 20.3 Å². The van der Waals surface area contributed by atoms with Crippen molar-refractivity contribution in [3.05, 3.63) is 0 Å². The van der Waals surface area contributed by atoms with Crippen molar-refractivity contribution in [1.82, 2.24) is 4.90 Å². The minimum absolute atomic E-state index is 0.497. The first-order valence-electron chi connectivity index (χ1n) is 6.38. The number of hydrogen-bond acceptors (Lipinski definition) is 2. The van der Waals surface area contributed by atoms with E-state index in [1.54, 1.807) is 0 Å². The van der Waals surface area contributed by atoms with E-state index in [9.17, 15) is 4.79 Å². The first-order chi connectivity index (χ1) is 7.09. The average molecular weight is 209 g/mol. The molecule has 2 aliphatic rings. The predicted molar refractivity (Wildman–Crippen MR) is 61.8 cm³/mol. The minimum Gasteiger partial charge on any atom is -0.300 e. The van der Waals surface area contributed by atoms with Crippen LogP contribution in [0.2, 0.25) is 0 Å². The van der Waals surface area contributed by atoms with Gasteiger partial charge in [-0.15, -0.1) is 0 Å². The molecule has 0 aromatic rings. The quantitative estimate of drug-likeness (QED) is 0.697. The Morgan fingerprint density at radius 3 is 2.13 bits per heavy atom. The zero-order valence-corrected chi connectivity index (χ0v) is 10.2. The van der Waals surface area contributed by atoms with Crippen molar-refractivity contribution >= 4 is 5.78 Å². The number of carbonyl (C=O) groups excluding carboxylic acids is 1. The lowest BCUT2D eigenvalue weighted by molar-refractivity contribution is -0.129. The fourth-order valence-corrected chi connectivity index (χ4v) is 3.22. The van der Waals surface area contributed by atoms with Gasteiger partial charge < -0.3 is 0 Å². The van der Waals surface area contributed by atoms with E-state index in [1.807, 2.05) is 0 Å². The first-order valence-corrected chi connectivity index (χ1v) is 6.38. The molecule has 2 saturated heterocycles. The zero-order valence-electron chi connectivity index (χ0n) is 10.2. The summed E-state index contributed by atoms with van der Waals surface area (Å²) in [5, 5.41) is 0. The molecule has 2 fully saturated rings. The molecule has 2 bridgehead atoms. The lowest BCUT2D eigenvalue weighted by Crippen LogP contribution is -2.57. The summed E-state index contributed by atoms with van der Waals surface area (Å²) in [5.41, 5.74) is 0. The van der Waals surface area contributed by atoms with Gasteiger partial charge in [0.25, 0.3) is 0 Å². The Hall–Kier alpha value is -0.370. The van der Waals surface area contributed by atoms with Crippen LogP contribution in [0.25, 0.3) is 0 Å². The Morgan fingerprint density at radius 1 is 1.13 bits per heavy atom. The monoisotopic (exact) mass is 209 g/mol. The van der Waals surface area contributed by atoms with E-state index in [4.69, 9.17) is 0 Å². The van der Waals surface area contributed by atoms with Crippen LogP contribution in [0, 0.1) is 5.92 Å². The average Bonchev–Trinajstić information content (AvgIpc) is 2.15. The van der Waals surface area contributed by atoms with Crippen molar-refractivity contribution in [2.24, 2.45) is 5.92 Å². The van der Waals surface area contributed by atoms with E-state index in [0.717, 1.165) is 12.8 Å². The molecule has 2 heterocycles. The summed E-state index contributed by atoms with van der Waals surface area (Å²) in [7, 11) is 0. The third kappa shape index (κ3) is 2.10. The van der Waals surface area contributed by atoms with E-state index >= 15 is 0 Å². The maximum atomic E-state index is 11.6. The van der Waals surface area contributed by atoms with Crippen molar-refractivity contribution in [2.75, 3.05) is 0 Å². The van der Waals surface area contributed by atoms with Gasteiger partial charge in [0.05, 0.1) is 0 Å². The van der Waals surface area contributed by atoms with Crippen molar-refractivity contribution in [3.8, 4) is 0 Å². The minimum atomic E-state index is 0.497. The van der Waals surface area contributed by atoms with Crippen molar-refractivity contribution in [2.45, 2.75) is 71.0 Å². The van der Waals surface area contributed by atoms with Crippen LogP contribution in [-0.4, -0.2) is 28.8 Å². The number of rotatable bonds is 2. The molecular weight excluding hydrogens is 186 g/mol. The molecule has 0 radical (unpaired) electrons. The van der Waals surface area contributed by atoms with Gasteiger partial charge >= 0.3 is 0 Å². The fraction of sp³-hybridized carbons (Fsp3) is 0.923. The van der Waals surface area contributed by atoms with Gasteiger partial charge in [0.15, 0.2) is 0 Å². The largest absolute Gasteiger partial charge is 0.300 e. The van der Waals surface area contributed by atoms with Gasteiger partial charge in [-0.2, -0.15) is 0 Å². The normalized spacial score (nSPS) is 34.5. The molecule has 2 heteroatoms. The van der Waals surface area contributed by atoms with Gasteiger partial charge in [-0.25, -0.2) is 0 Å². The van der Waals surface area contributed by atoms with Gasteiger partial charge in [-0.05, 0) is 25.7 Å². The van der Waals surface area contributed by atoms with E-state index in [0.29, 0.717) is 29.8 Å². The molecule has 0 aromatic heterocycles. The van der Waals surface area contributed by atoms with Gasteiger partial charge in [0.2, 0.25) is 0 Å². The smallest absolute Gasteiger partial charge is 0.136 e. The summed E-state index contributed by atoms with van der Waals surface area (Å²) in [4.78, 5) is 14.2. The Bertz CT molecular complexity index is 233. The highest BCUT2D eigenvalue weighted by molar-refractivity contribution is 5.80. The molecule has 3 atom stereocenters. The Labute approximate surface area is 93.0 Å². The maximum Gasteiger partial charge on any atom is 0.136 e. The van der Waals surface area contributed by atoms with E-state index < -0.39 is 0 Å². The molecule has 0 aliphatic carbocycles. The van der Waals surface area contributed by atoms with Crippen molar-refractivity contribution < 1.29 is 4.79 Å². The fourth-order valence-electron chi connectivity index (χ4n) is 3.22. The van der Waals surface area contributed by atoms with Gasteiger partial charge in [-0.1, -0.05) is 20.3 Å². The number of piperidine rings is 2. The third-order valence-corrected chi connectivity index (χ3v) is 4.28. The lowest BCUT2D eigenvalue weighted by Gasteiger charge is -2.49. The van der Waals surface area contributed by atoms with Crippen LogP contribution < -0.4 is 0 Å². The Morgan fingerprint density at radius 2 is 1.67 bits per heavy atom. The summed E-state index contributed by atoms with van der Waals surface area (Å²) in [5.74, 6) is 1.19. The SMILES string of the molecule is CC(C)C(C)N1C2CCCC1CC(=O)C2. The summed E-state index contributed by atoms with van der Waals surface area (Å²) < 4.78 is 0. The molecule has 0 N–H and O–H groups in total. The second-order valence-corrected chi connectivity index (χ2v) is 5.62. The number of nitrogens with zero attached hydrogens (tertiary/aromatic N) is 1. The lowest BCUT2D eigenvalue weighted by atomic mass is 9.81. The van der Waals surface area contributed by atoms with Crippen LogP contribution >= 0.6 is 0 Å². The molecule has 0 spiro atoms. The Kier molecular flexibility index (Phi) is 3.15. The highest BCUT2D eigenvalue weighted by Crippen LogP contribution is 2.35. The number of fused-ring (bicyclic) bond motifs is 2. The van der Waals surface area contributed by atoms with Gasteiger partial charge in [0.1, 0.15) is 5.78 Å². The van der Waals surface area contributed by atoms with Crippen LogP contribution in [0.3, 0.4) is 0 Å². The predicted octanol–water partition coefficient (Wildman–Crippen LogP) is 2.62. The summed E-state index contributed by atoms with van der Waals surface area (Å²) >= 11 is 0. The van der Waals surface area contributed by atoms with Gasteiger partial charge in [-0.3, -0.25) is 9.69 Å². The van der Waals surface area contributed by atoms with Gasteiger partial charge in [0, 0.05) is 31.0 Å². The number of hydrogen-bond donors (Lipinski definition) is 0. The maximum absolute atomic E-state index is 11.6. The van der Waals surface area contributed by atoms with Crippen LogP contribution in [0.15, 0.2) is 0 Å². The van der Waals surface area contributed by atoms with Crippen LogP contribution in [0.4, 0.5) is 0 Å². The van der Waals surface area contributed by atoms with Crippen molar-refractivity contribution in [3.63, 3.8) is 0 Å². The summed E-state index contributed by atoms with van der Waals surface area (Å²) in [6.07, 6.45) is 5.42. The standard InChI is InChI=1S/C13H23NO/c1-9(2)10(3)14-11-5-4-6-12(14)8-13(15)7-11/h9-12H,4-8H2,1-3H3. The van der Waals surface area contributed by atoms with E-state index in [1.165, 1.54) is 19.3 Å². The molecule has 2 aliphatic heterocycles. The van der Waals surface area contributed by atoms with Crippen molar-refractivity contribution in [1.29, 1.82) is 0 Å². The molecule has 2 rings (SSSR count). The molecule has 0 amide bonds. The molecule has 86 valence electrons. The zero-order chi connectivity index (χ0) is 11.0. The molecule has 2 nitrogen and oxygen atoms in total. The highest BCUT2D eigenvalue weighted by atomic mass is 16.1. The Balaban J connectivity index is 2.13. The van der Waals surface area contributed by atoms with E-state index in [2.05, 4.69) is 25.7 Å². The van der Waals surface area contributed by atoms with Crippen LogP contribution in [-0.2, 0) is 4.79 Å². The number of ketones is 1. The van der Waals surface area contributed by atoms with Crippen LogP contribution in [0.1, 0.15) is 52.9 Å². The number of carbonyl (C=O) groups is 1. The van der Waals surface area contributed by atoms with Crippen LogP contribution in [0.5, 0.6) is 0 Å². The second kappa shape index (κ2) is 4.25. The molecule has 15 heavy (non-hydrogen) atoms. The first kappa shape index (κ1) is 11.1. The second-order valence-electron chi connectivity index (χ2n) is 5.62. The number of Topliss-reactive ketones (excluding diaryl/α,β-unsaturated/α-hetero) is 1. The third-order valence-electron chi connectivity index (χ3n) is 4.28. The summed E-state index contributed by atoms with van der Waals surface area (Å²) in [6, 6.07) is 1.75. The highest BCUT2D eigenvalue weighted by Gasteiger charge is 2.40. The van der Waals surface area contributed by atoms with E-state index in [-0.39, 0.29) is 0 Å². The molecule has 0 saturated carbocycles. The molecular formula is C13H23NO.